The maximum Gasteiger partial charge on any atom is 0.422 e. The summed E-state index contributed by atoms with van der Waals surface area (Å²) in [5.41, 5.74) is 0. The first-order chi connectivity index (χ1) is 11.8. The van der Waals surface area contributed by atoms with Crippen molar-refractivity contribution in [3.05, 3.63) is 18.3 Å². The van der Waals surface area contributed by atoms with Crippen molar-refractivity contribution in [2.24, 2.45) is 0 Å². The quantitative estimate of drug-likeness (QED) is 0.578. The summed E-state index contributed by atoms with van der Waals surface area (Å²) >= 11 is 0. The van der Waals surface area contributed by atoms with Gasteiger partial charge >= 0.3 is 6.18 Å². The molecule has 0 aromatic carbocycles. The summed E-state index contributed by atoms with van der Waals surface area (Å²) in [5.74, 6) is -0.282. The average Bonchev–Trinajstić information content (AvgIpc) is 2.58. The molecule has 0 atom stereocenters. The third-order valence-corrected chi connectivity index (χ3v) is 5.00. The Bertz CT molecular complexity index is 642. The van der Waals surface area contributed by atoms with Crippen molar-refractivity contribution in [1.29, 1.82) is 0 Å². The van der Waals surface area contributed by atoms with E-state index in [9.17, 15) is 21.6 Å². The average molecular weight is 455 g/mol. The highest BCUT2D eigenvalue weighted by Gasteiger charge is 2.28. The first kappa shape index (κ1) is 26.1. The Balaban J connectivity index is 0.00000338. The van der Waals surface area contributed by atoms with Gasteiger partial charge in [-0.05, 0) is 19.0 Å². The van der Waals surface area contributed by atoms with E-state index in [0.717, 1.165) is 51.1 Å². The Morgan fingerprint density at radius 2 is 1.89 bits per heavy atom. The summed E-state index contributed by atoms with van der Waals surface area (Å²) in [6.45, 7) is 3.34. The Hall–Kier alpha value is -0.850. The van der Waals surface area contributed by atoms with Crippen molar-refractivity contribution in [2.45, 2.75) is 17.5 Å². The van der Waals surface area contributed by atoms with E-state index in [1.54, 1.807) is 0 Å². The fourth-order valence-electron chi connectivity index (χ4n) is 2.29. The predicted molar refractivity (Wildman–Crippen MR) is 99.4 cm³/mol. The lowest BCUT2D eigenvalue weighted by Crippen LogP contribution is -2.44. The van der Waals surface area contributed by atoms with Crippen LogP contribution in [0.1, 0.15) is 6.42 Å². The van der Waals surface area contributed by atoms with Crippen molar-refractivity contribution in [1.82, 2.24) is 19.9 Å². The van der Waals surface area contributed by atoms with Crippen LogP contribution < -0.4 is 14.8 Å². The Kier molecular flexibility index (Phi) is 11.5. The molecule has 158 valence electrons. The zero-order valence-corrected chi connectivity index (χ0v) is 16.8. The molecule has 13 heteroatoms. The smallest absolute Gasteiger partial charge is 0.422 e. The standard InChI is InChI=1S/C14H21F3N4O3S.2ClH/c15-14(16,17)11-24-13-3-2-12(10-19-13)25(22,23)20-4-1-7-21-8-5-18-6-9-21;;/h2-3,10,18,20H,1,4-9,11H2;2*1H. The van der Waals surface area contributed by atoms with Gasteiger partial charge in [0.2, 0.25) is 15.9 Å². The Morgan fingerprint density at radius 1 is 1.22 bits per heavy atom. The van der Waals surface area contributed by atoms with Crippen LogP contribution in [-0.4, -0.2) is 70.4 Å². The molecule has 1 fully saturated rings. The first-order valence-corrected chi connectivity index (χ1v) is 9.33. The van der Waals surface area contributed by atoms with Gasteiger partial charge < -0.3 is 15.0 Å². The molecule has 0 amide bonds. The van der Waals surface area contributed by atoms with Gasteiger partial charge in [0.15, 0.2) is 6.61 Å². The summed E-state index contributed by atoms with van der Waals surface area (Å²) in [4.78, 5) is 5.73. The molecule has 27 heavy (non-hydrogen) atoms. The minimum atomic E-state index is -4.47. The second kappa shape index (κ2) is 11.9. The lowest BCUT2D eigenvalue weighted by atomic mass is 10.3. The highest BCUT2D eigenvalue weighted by Crippen LogP contribution is 2.18. The number of alkyl halides is 3. The van der Waals surface area contributed by atoms with E-state index in [-0.39, 0.29) is 42.1 Å². The van der Waals surface area contributed by atoms with E-state index in [1.165, 1.54) is 0 Å². The lowest BCUT2D eigenvalue weighted by molar-refractivity contribution is -0.154. The molecule has 0 saturated carbocycles. The number of piperazine rings is 1. The van der Waals surface area contributed by atoms with Gasteiger partial charge in [-0.3, -0.25) is 0 Å². The van der Waals surface area contributed by atoms with Crippen LogP contribution in [0.25, 0.3) is 0 Å². The van der Waals surface area contributed by atoms with Gasteiger partial charge in [-0.15, -0.1) is 24.8 Å². The molecule has 1 saturated heterocycles. The number of hydrogen-bond donors (Lipinski definition) is 2. The van der Waals surface area contributed by atoms with Crippen molar-refractivity contribution < 1.29 is 26.3 Å². The molecule has 0 radical (unpaired) electrons. The van der Waals surface area contributed by atoms with E-state index in [4.69, 9.17) is 0 Å². The fourth-order valence-corrected chi connectivity index (χ4v) is 3.31. The molecule has 1 aliphatic heterocycles. The zero-order chi connectivity index (χ0) is 18.3. The number of pyridine rings is 1. The molecule has 0 spiro atoms. The molecule has 2 rings (SSSR count). The highest BCUT2D eigenvalue weighted by molar-refractivity contribution is 7.89. The maximum absolute atomic E-state index is 12.1. The molecular formula is C14H23Cl2F3N4O3S. The summed E-state index contributed by atoms with van der Waals surface area (Å²) < 4.78 is 67.3. The number of rotatable bonds is 8. The molecule has 0 unspecified atom stereocenters. The van der Waals surface area contributed by atoms with E-state index in [2.05, 4.69) is 24.7 Å². The molecule has 1 aliphatic rings. The molecule has 0 aliphatic carbocycles. The first-order valence-electron chi connectivity index (χ1n) is 7.85. The normalized spacial score (nSPS) is 15.5. The van der Waals surface area contributed by atoms with Crippen LogP contribution in [-0.2, 0) is 10.0 Å². The maximum atomic E-state index is 12.1. The van der Waals surface area contributed by atoms with Gasteiger partial charge in [0, 0.05) is 38.8 Å². The SMILES string of the molecule is Cl.Cl.O=S(=O)(NCCCN1CCNCC1)c1ccc(OCC(F)(F)F)nc1. The molecule has 1 aromatic heterocycles. The number of hydrogen-bond acceptors (Lipinski definition) is 6. The van der Waals surface area contributed by atoms with E-state index < -0.39 is 22.8 Å². The monoisotopic (exact) mass is 454 g/mol. The second-order valence-corrected chi connectivity index (χ2v) is 7.35. The summed E-state index contributed by atoms with van der Waals surface area (Å²) in [7, 11) is -3.74. The third-order valence-electron chi connectivity index (χ3n) is 3.56. The van der Waals surface area contributed by atoms with Crippen molar-refractivity contribution >= 4 is 34.8 Å². The second-order valence-electron chi connectivity index (χ2n) is 5.58. The predicted octanol–water partition coefficient (Wildman–Crippen LogP) is 1.44. The zero-order valence-electron chi connectivity index (χ0n) is 14.4. The van der Waals surface area contributed by atoms with E-state index >= 15 is 0 Å². The topological polar surface area (TPSA) is 83.6 Å². The number of sulfonamides is 1. The van der Waals surface area contributed by atoms with Gasteiger partial charge in [0.1, 0.15) is 4.90 Å². The lowest BCUT2D eigenvalue weighted by Gasteiger charge is -2.27. The molecule has 0 bridgehead atoms. The molecule has 7 nitrogen and oxygen atoms in total. The van der Waals surface area contributed by atoms with Gasteiger partial charge in [-0.2, -0.15) is 13.2 Å². The van der Waals surface area contributed by atoms with Crippen LogP contribution >= 0.6 is 24.8 Å². The molecule has 2 heterocycles. The fraction of sp³-hybridized carbons (Fsp3) is 0.643. The summed E-state index contributed by atoms with van der Waals surface area (Å²) in [6.07, 6.45) is -2.83. The number of nitrogens with one attached hydrogen (secondary N) is 2. The van der Waals surface area contributed by atoms with Gasteiger partial charge in [0.25, 0.3) is 0 Å². The molecule has 2 N–H and O–H groups in total. The Morgan fingerprint density at radius 3 is 2.44 bits per heavy atom. The number of ether oxygens (including phenoxy) is 1. The number of halogens is 5. The third kappa shape index (κ3) is 9.77. The highest BCUT2D eigenvalue weighted by atomic mass is 35.5. The van der Waals surface area contributed by atoms with Gasteiger partial charge in [0.05, 0.1) is 6.20 Å². The largest absolute Gasteiger partial charge is 0.468 e. The Labute approximate surface area is 168 Å². The minimum Gasteiger partial charge on any atom is -0.468 e. The van der Waals surface area contributed by atoms with Gasteiger partial charge in [-0.1, -0.05) is 0 Å². The summed E-state index contributed by atoms with van der Waals surface area (Å²) in [5, 5.41) is 3.24. The number of aromatic nitrogens is 1. The van der Waals surface area contributed by atoms with Crippen LogP contribution in [0.2, 0.25) is 0 Å². The van der Waals surface area contributed by atoms with Crippen molar-refractivity contribution in [3.63, 3.8) is 0 Å². The molecular weight excluding hydrogens is 432 g/mol. The van der Waals surface area contributed by atoms with E-state index in [1.807, 2.05) is 0 Å². The number of nitrogens with zero attached hydrogens (tertiary/aromatic N) is 2. The van der Waals surface area contributed by atoms with Crippen molar-refractivity contribution in [2.75, 3.05) is 45.9 Å². The van der Waals surface area contributed by atoms with Crippen LogP contribution in [0.3, 0.4) is 0 Å². The van der Waals surface area contributed by atoms with Crippen LogP contribution in [0.4, 0.5) is 13.2 Å². The minimum absolute atomic E-state index is 0. The van der Waals surface area contributed by atoms with E-state index in [0.29, 0.717) is 6.42 Å². The summed E-state index contributed by atoms with van der Waals surface area (Å²) in [6, 6.07) is 2.26. The van der Waals surface area contributed by atoms with Crippen LogP contribution in [0.5, 0.6) is 5.88 Å². The van der Waals surface area contributed by atoms with Gasteiger partial charge in [-0.25, -0.2) is 18.1 Å². The van der Waals surface area contributed by atoms with Crippen molar-refractivity contribution in [3.8, 4) is 5.88 Å². The van der Waals surface area contributed by atoms with Crippen LogP contribution in [0, 0.1) is 0 Å². The van der Waals surface area contributed by atoms with Crippen LogP contribution in [0.15, 0.2) is 23.2 Å². The molecule has 1 aromatic rings.